The highest BCUT2D eigenvalue weighted by Gasteiger charge is 2.40. The number of rotatable bonds is 11. The van der Waals surface area contributed by atoms with Gasteiger partial charge in [-0.05, 0) is 51.4 Å². The van der Waals surface area contributed by atoms with Crippen LogP contribution in [0.2, 0.25) is 0 Å². The van der Waals surface area contributed by atoms with Crippen LogP contribution in [-0.4, -0.2) is 106 Å². The van der Waals surface area contributed by atoms with Crippen LogP contribution in [0.25, 0.3) is 0 Å². The summed E-state index contributed by atoms with van der Waals surface area (Å²) in [5.74, 6) is -6.25. The zero-order valence-electron chi connectivity index (χ0n) is 27.7. The summed E-state index contributed by atoms with van der Waals surface area (Å²) in [6, 6.07) is -5.73. The van der Waals surface area contributed by atoms with E-state index < -0.39 is 84.2 Å². The number of hydrazone groups is 1. The number of nitrogens with one attached hydrogen (secondary N) is 4. The number of cyclic esters (lactones) is 1. The SMILES string of the molecule is CCCCCC(CC(=O)N1N=CCCC1C(=O)NC1COC(=O)[C@H]2CCCNN2C(=O)[C@H](C)NC(=O)C(CC(C)C)NC1=O)C(=O)O. The fraction of sp³-hybridized carbons (Fsp3) is 0.742. The molecular formula is C31H49N7O9. The Morgan fingerprint density at radius 1 is 1.11 bits per heavy atom. The molecule has 0 aromatic rings. The van der Waals surface area contributed by atoms with E-state index in [0.29, 0.717) is 32.2 Å². The van der Waals surface area contributed by atoms with Gasteiger partial charge in [-0.1, -0.05) is 40.0 Å². The van der Waals surface area contributed by atoms with E-state index in [2.05, 4.69) is 26.5 Å². The lowest BCUT2D eigenvalue weighted by Gasteiger charge is -2.36. The maximum Gasteiger partial charge on any atom is 0.330 e. The molecule has 47 heavy (non-hydrogen) atoms. The molecule has 0 spiro atoms. The minimum Gasteiger partial charge on any atom is -0.481 e. The monoisotopic (exact) mass is 663 g/mol. The number of carboxylic acid groups (broad SMARTS) is 1. The lowest BCUT2D eigenvalue weighted by molar-refractivity contribution is -0.162. The maximum absolute atomic E-state index is 13.6. The molecule has 3 aliphatic rings. The second-order valence-corrected chi connectivity index (χ2v) is 12.8. The zero-order chi connectivity index (χ0) is 34.7. The van der Waals surface area contributed by atoms with Crippen LogP contribution in [0.3, 0.4) is 0 Å². The summed E-state index contributed by atoms with van der Waals surface area (Å²) in [7, 11) is 0. The Hall–Kier alpha value is -4.08. The quantitative estimate of drug-likeness (QED) is 0.150. The third-order valence-electron chi connectivity index (χ3n) is 8.41. The van der Waals surface area contributed by atoms with Crippen molar-refractivity contribution in [2.45, 2.75) is 122 Å². The van der Waals surface area contributed by atoms with Crippen LogP contribution >= 0.6 is 0 Å². The van der Waals surface area contributed by atoms with Gasteiger partial charge in [0, 0.05) is 19.2 Å². The highest BCUT2D eigenvalue weighted by atomic mass is 16.5. The van der Waals surface area contributed by atoms with Gasteiger partial charge in [-0.15, -0.1) is 0 Å². The molecule has 3 aliphatic heterocycles. The van der Waals surface area contributed by atoms with Crippen LogP contribution in [0, 0.1) is 11.8 Å². The number of amides is 5. The normalized spacial score (nSPS) is 26.5. The molecule has 0 aliphatic carbocycles. The molecule has 262 valence electrons. The third-order valence-corrected chi connectivity index (χ3v) is 8.41. The highest BCUT2D eigenvalue weighted by molar-refractivity contribution is 5.97. The summed E-state index contributed by atoms with van der Waals surface area (Å²) < 4.78 is 5.49. The van der Waals surface area contributed by atoms with Crippen LogP contribution in [0.15, 0.2) is 5.10 Å². The van der Waals surface area contributed by atoms with Gasteiger partial charge in [0.25, 0.3) is 5.91 Å². The standard InChI is InChI=1S/C31H49N7O9/c1-5-6-7-10-20(30(44)45)16-25(39)37-23(11-8-13-32-37)28(42)36-22-17-47-31(46)24-12-9-14-33-38(24)29(43)19(4)34-26(40)21(15-18(2)3)35-27(22)41/h13,18-24,33H,5-12,14-17H2,1-4H3,(H,34,40)(H,35,41)(H,36,42)(H,44,45)/t19-,20?,21?,22?,23?,24+/m0/s1. The number of aliphatic carboxylic acids is 1. The van der Waals surface area contributed by atoms with Gasteiger partial charge in [0.2, 0.25) is 23.6 Å². The van der Waals surface area contributed by atoms with Crippen molar-refractivity contribution in [2.75, 3.05) is 13.2 Å². The molecule has 2 fully saturated rings. The van der Waals surface area contributed by atoms with Crippen molar-refractivity contribution in [1.29, 1.82) is 0 Å². The summed E-state index contributed by atoms with van der Waals surface area (Å²) in [4.78, 5) is 92.1. The van der Waals surface area contributed by atoms with Crippen molar-refractivity contribution >= 4 is 47.7 Å². The second kappa shape index (κ2) is 17.7. The topological polar surface area (TPSA) is 216 Å². The van der Waals surface area contributed by atoms with E-state index in [4.69, 9.17) is 4.74 Å². The smallest absolute Gasteiger partial charge is 0.330 e. The Labute approximate surface area is 274 Å². The Morgan fingerprint density at radius 2 is 1.85 bits per heavy atom. The van der Waals surface area contributed by atoms with Crippen molar-refractivity contribution in [3.63, 3.8) is 0 Å². The molecule has 3 rings (SSSR count). The number of unbranched alkanes of at least 4 members (excludes halogenated alkanes) is 2. The van der Waals surface area contributed by atoms with Gasteiger partial charge in [-0.25, -0.2) is 15.2 Å². The average Bonchev–Trinajstić information content (AvgIpc) is 3.04. The van der Waals surface area contributed by atoms with E-state index in [0.717, 1.165) is 22.9 Å². The number of esters is 1. The van der Waals surface area contributed by atoms with Crippen LogP contribution < -0.4 is 21.4 Å². The molecule has 5 N–H and O–H groups in total. The Kier molecular flexibility index (Phi) is 14.1. The first-order chi connectivity index (χ1) is 22.3. The van der Waals surface area contributed by atoms with Crippen molar-refractivity contribution in [2.24, 2.45) is 16.9 Å². The largest absolute Gasteiger partial charge is 0.481 e. The van der Waals surface area contributed by atoms with Gasteiger partial charge in [0.05, 0.1) is 5.92 Å². The number of nitrogens with zero attached hydrogens (tertiary/aromatic N) is 3. The number of carbonyl (C=O) groups excluding carboxylic acids is 6. The Balaban J connectivity index is 1.84. The molecule has 0 saturated carbocycles. The fourth-order valence-corrected chi connectivity index (χ4v) is 5.78. The van der Waals surface area contributed by atoms with Crippen LogP contribution in [0.5, 0.6) is 0 Å². The van der Waals surface area contributed by atoms with Gasteiger partial charge >= 0.3 is 11.9 Å². The molecule has 4 unspecified atom stereocenters. The van der Waals surface area contributed by atoms with Gasteiger partial charge in [-0.3, -0.25) is 33.8 Å². The maximum atomic E-state index is 13.6. The van der Waals surface area contributed by atoms with Crippen LogP contribution in [0.4, 0.5) is 0 Å². The first-order valence-corrected chi connectivity index (χ1v) is 16.6. The molecule has 5 amide bonds. The lowest BCUT2D eigenvalue weighted by atomic mass is 9.97. The molecular weight excluding hydrogens is 614 g/mol. The van der Waals surface area contributed by atoms with Crippen LogP contribution in [0.1, 0.15) is 91.9 Å². The average molecular weight is 664 g/mol. The summed E-state index contributed by atoms with van der Waals surface area (Å²) >= 11 is 0. The van der Waals surface area contributed by atoms with E-state index in [1.165, 1.54) is 13.1 Å². The Bertz CT molecular complexity index is 1210. The molecule has 0 aromatic carbocycles. The van der Waals surface area contributed by atoms with Crippen molar-refractivity contribution in [3.8, 4) is 0 Å². The zero-order valence-corrected chi connectivity index (χ0v) is 27.7. The lowest BCUT2D eigenvalue weighted by Crippen LogP contribution is -2.61. The number of hydrazine groups is 1. The first kappa shape index (κ1) is 37.4. The second-order valence-electron chi connectivity index (χ2n) is 12.8. The molecule has 2 saturated heterocycles. The molecule has 0 bridgehead atoms. The van der Waals surface area contributed by atoms with E-state index in [9.17, 15) is 38.7 Å². The number of carboxylic acids is 1. The predicted molar refractivity (Wildman–Crippen MR) is 168 cm³/mol. The number of hydrogen-bond acceptors (Lipinski definition) is 10. The van der Waals surface area contributed by atoms with Gasteiger partial charge in [0.15, 0.2) is 0 Å². The summed E-state index contributed by atoms with van der Waals surface area (Å²) in [5, 5.41) is 23.7. The van der Waals surface area contributed by atoms with Crippen LogP contribution in [-0.2, 0) is 38.3 Å². The number of fused-ring (bicyclic) bond motifs is 1. The van der Waals surface area contributed by atoms with E-state index in [-0.39, 0.29) is 31.6 Å². The molecule has 16 nitrogen and oxygen atoms in total. The summed E-state index contributed by atoms with van der Waals surface area (Å²) in [6.07, 6.45) is 5.33. The third kappa shape index (κ3) is 10.5. The Morgan fingerprint density at radius 3 is 2.53 bits per heavy atom. The van der Waals surface area contributed by atoms with E-state index in [1.54, 1.807) is 0 Å². The molecule has 3 heterocycles. The minimum absolute atomic E-state index is 0.0389. The number of ether oxygens (including phenoxy) is 1. The number of carbonyl (C=O) groups is 7. The minimum atomic E-state index is -1.46. The summed E-state index contributed by atoms with van der Waals surface area (Å²) in [6.45, 7) is 7.00. The first-order valence-electron chi connectivity index (χ1n) is 16.6. The molecule has 16 heteroatoms. The molecule has 0 aromatic heterocycles. The molecule has 0 radical (unpaired) electrons. The molecule has 6 atom stereocenters. The predicted octanol–water partition coefficient (Wildman–Crippen LogP) is 0.207. The van der Waals surface area contributed by atoms with Crippen molar-refractivity contribution < 1.29 is 43.4 Å². The van der Waals surface area contributed by atoms with E-state index in [1.807, 2.05) is 20.8 Å². The summed E-state index contributed by atoms with van der Waals surface area (Å²) in [5.41, 5.74) is 2.89. The van der Waals surface area contributed by atoms with Gasteiger partial charge < -0.3 is 25.8 Å². The van der Waals surface area contributed by atoms with E-state index >= 15 is 0 Å². The van der Waals surface area contributed by atoms with Crippen molar-refractivity contribution in [1.82, 2.24) is 31.4 Å². The highest BCUT2D eigenvalue weighted by Crippen LogP contribution is 2.21. The number of hydrogen-bond donors (Lipinski definition) is 5. The van der Waals surface area contributed by atoms with Crippen molar-refractivity contribution in [3.05, 3.63) is 0 Å². The fourth-order valence-electron chi connectivity index (χ4n) is 5.78. The van der Waals surface area contributed by atoms with Gasteiger partial charge in [-0.2, -0.15) is 5.10 Å². The van der Waals surface area contributed by atoms with Gasteiger partial charge in [0.1, 0.15) is 36.8 Å².